The predicted octanol–water partition coefficient (Wildman–Crippen LogP) is 1.80. The monoisotopic (exact) mass is 291 g/mol. The maximum absolute atomic E-state index is 12.1. The van der Waals surface area contributed by atoms with Crippen LogP contribution in [0.5, 0.6) is 0 Å². The molecule has 3 rings (SSSR count). The highest BCUT2D eigenvalue weighted by Crippen LogP contribution is 2.28. The summed E-state index contributed by atoms with van der Waals surface area (Å²) in [6.45, 7) is 2.04. The molecule has 1 saturated heterocycles. The average molecular weight is 291 g/mol. The second-order valence-electron chi connectivity index (χ2n) is 6.34. The fourth-order valence-corrected chi connectivity index (χ4v) is 3.42. The molecule has 21 heavy (non-hydrogen) atoms. The molecule has 1 saturated carbocycles. The van der Waals surface area contributed by atoms with Crippen LogP contribution >= 0.6 is 0 Å². The van der Waals surface area contributed by atoms with Gasteiger partial charge in [-0.3, -0.25) is 10.1 Å². The molecule has 2 aliphatic rings. The van der Waals surface area contributed by atoms with E-state index < -0.39 is 0 Å². The molecule has 0 atom stereocenters. The van der Waals surface area contributed by atoms with E-state index in [0.717, 1.165) is 31.8 Å². The Balaban J connectivity index is 1.59. The quantitative estimate of drug-likeness (QED) is 0.887. The van der Waals surface area contributed by atoms with E-state index in [1.165, 1.54) is 25.7 Å². The zero-order valence-corrected chi connectivity index (χ0v) is 12.8. The molecular formula is C15H25N5O. The highest BCUT2D eigenvalue weighted by Gasteiger charge is 2.22. The van der Waals surface area contributed by atoms with Gasteiger partial charge in [-0.05, 0) is 44.7 Å². The molecule has 1 aromatic heterocycles. The lowest BCUT2D eigenvalue weighted by Crippen LogP contribution is -2.27. The van der Waals surface area contributed by atoms with Crippen molar-refractivity contribution in [2.45, 2.75) is 50.9 Å². The van der Waals surface area contributed by atoms with Crippen LogP contribution in [0.1, 0.15) is 56.7 Å². The van der Waals surface area contributed by atoms with Crippen molar-refractivity contribution in [3.8, 4) is 0 Å². The Bertz CT molecular complexity index is 486. The van der Waals surface area contributed by atoms with Crippen molar-refractivity contribution in [1.29, 1.82) is 0 Å². The van der Waals surface area contributed by atoms with Gasteiger partial charge in [0.1, 0.15) is 0 Å². The summed E-state index contributed by atoms with van der Waals surface area (Å²) < 4.78 is 1.70. The Labute approximate surface area is 125 Å². The summed E-state index contributed by atoms with van der Waals surface area (Å²) in [7, 11) is 1.85. The topological polar surface area (TPSA) is 71.8 Å². The minimum Gasteiger partial charge on any atom is -0.317 e. The molecule has 0 spiro atoms. The van der Waals surface area contributed by atoms with Gasteiger partial charge in [0.25, 0.3) is 0 Å². The predicted molar refractivity (Wildman–Crippen MR) is 81.1 cm³/mol. The number of nitrogens with zero attached hydrogens (tertiary/aromatic N) is 3. The Morgan fingerprint density at radius 1 is 1.29 bits per heavy atom. The van der Waals surface area contributed by atoms with Crippen LogP contribution in [0.3, 0.4) is 0 Å². The van der Waals surface area contributed by atoms with E-state index in [1.807, 2.05) is 7.05 Å². The molecule has 1 aliphatic heterocycles. The third-order valence-corrected chi connectivity index (χ3v) is 4.68. The van der Waals surface area contributed by atoms with Crippen molar-refractivity contribution in [3.63, 3.8) is 0 Å². The Hall–Kier alpha value is -1.43. The van der Waals surface area contributed by atoms with Crippen LogP contribution in [0.2, 0.25) is 0 Å². The van der Waals surface area contributed by atoms with Gasteiger partial charge in [-0.25, -0.2) is 4.68 Å². The first-order valence-corrected chi connectivity index (χ1v) is 8.14. The lowest BCUT2D eigenvalue weighted by atomic mass is 9.98. The van der Waals surface area contributed by atoms with Crippen LogP contribution in [0.15, 0.2) is 0 Å². The molecule has 1 amide bonds. The fourth-order valence-electron chi connectivity index (χ4n) is 3.42. The van der Waals surface area contributed by atoms with Crippen molar-refractivity contribution in [1.82, 2.24) is 20.1 Å². The summed E-state index contributed by atoms with van der Waals surface area (Å²) in [6, 6.07) is 0. The number of aryl methyl sites for hydroxylation is 1. The molecule has 2 fully saturated rings. The zero-order valence-electron chi connectivity index (χ0n) is 12.8. The first kappa shape index (κ1) is 14.5. The largest absolute Gasteiger partial charge is 0.317 e. The number of rotatable bonds is 4. The van der Waals surface area contributed by atoms with Gasteiger partial charge in [0, 0.05) is 19.4 Å². The average Bonchev–Trinajstić information content (AvgIpc) is 3.11. The summed E-state index contributed by atoms with van der Waals surface area (Å²) in [4.78, 5) is 16.6. The molecule has 6 nitrogen and oxygen atoms in total. The number of anilines is 1. The van der Waals surface area contributed by atoms with Gasteiger partial charge in [-0.2, -0.15) is 10.1 Å². The van der Waals surface area contributed by atoms with Crippen LogP contribution in [-0.4, -0.2) is 33.8 Å². The highest BCUT2D eigenvalue weighted by molar-refractivity contribution is 5.89. The number of carbonyl (C=O) groups excluding carboxylic acids is 1. The number of amides is 1. The van der Waals surface area contributed by atoms with Crippen molar-refractivity contribution in [2.24, 2.45) is 13.0 Å². The Morgan fingerprint density at radius 3 is 2.71 bits per heavy atom. The number of nitrogens with one attached hydrogen (secondary N) is 2. The van der Waals surface area contributed by atoms with Gasteiger partial charge in [0.2, 0.25) is 11.9 Å². The number of aromatic nitrogens is 3. The van der Waals surface area contributed by atoms with Gasteiger partial charge in [-0.15, -0.1) is 0 Å². The van der Waals surface area contributed by atoms with Crippen LogP contribution in [0, 0.1) is 5.92 Å². The van der Waals surface area contributed by atoms with Crippen LogP contribution in [0.25, 0.3) is 0 Å². The van der Waals surface area contributed by atoms with Crippen molar-refractivity contribution >= 4 is 11.9 Å². The molecule has 0 aromatic carbocycles. The molecular weight excluding hydrogens is 266 g/mol. The first-order valence-electron chi connectivity index (χ1n) is 8.14. The number of hydrogen-bond acceptors (Lipinski definition) is 4. The fraction of sp³-hybridized carbons (Fsp3) is 0.800. The molecule has 2 N–H and O–H groups in total. The number of hydrogen-bond donors (Lipinski definition) is 2. The van der Waals surface area contributed by atoms with E-state index in [0.29, 0.717) is 24.2 Å². The molecule has 0 unspecified atom stereocenters. The minimum absolute atomic E-state index is 0.0780. The SMILES string of the molecule is Cn1nc(C2CCNCC2)nc1NC(=O)CC1CCCC1. The summed E-state index contributed by atoms with van der Waals surface area (Å²) in [5.41, 5.74) is 0. The van der Waals surface area contributed by atoms with E-state index in [2.05, 4.69) is 20.7 Å². The number of carbonyl (C=O) groups is 1. The first-order chi connectivity index (χ1) is 10.2. The van der Waals surface area contributed by atoms with Gasteiger partial charge in [-0.1, -0.05) is 12.8 Å². The van der Waals surface area contributed by atoms with Crippen LogP contribution in [-0.2, 0) is 11.8 Å². The van der Waals surface area contributed by atoms with Gasteiger partial charge in [0.05, 0.1) is 0 Å². The molecule has 0 bridgehead atoms. The number of piperidine rings is 1. The third-order valence-electron chi connectivity index (χ3n) is 4.68. The second kappa shape index (κ2) is 6.56. The maximum Gasteiger partial charge on any atom is 0.227 e. The second-order valence-corrected chi connectivity index (χ2v) is 6.34. The van der Waals surface area contributed by atoms with Crippen molar-refractivity contribution < 1.29 is 4.79 Å². The normalized spacial score (nSPS) is 20.8. The third kappa shape index (κ3) is 3.61. The molecule has 1 aliphatic carbocycles. The molecule has 116 valence electrons. The van der Waals surface area contributed by atoms with Gasteiger partial charge < -0.3 is 5.32 Å². The summed E-state index contributed by atoms with van der Waals surface area (Å²) in [5.74, 6) is 2.51. The summed E-state index contributed by atoms with van der Waals surface area (Å²) >= 11 is 0. The van der Waals surface area contributed by atoms with E-state index in [-0.39, 0.29) is 5.91 Å². The summed E-state index contributed by atoms with van der Waals surface area (Å²) in [6.07, 6.45) is 7.66. The van der Waals surface area contributed by atoms with E-state index in [9.17, 15) is 4.79 Å². The molecule has 1 aromatic rings. The lowest BCUT2D eigenvalue weighted by molar-refractivity contribution is -0.117. The van der Waals surface area contributed by atoms with E-state index >= 15 is 0 Å². The summed E-state index contributed by atoms with van der Waals surface area (Å²) in [5, 5.41) is 10.8. The molecule has 0 radical (unpaired) electrons. The van der Waals surface area contributed by atoms with Crippen molar-refractivity contribution in [3.05, 3.63) is 5.82 Å². The smallest absolute Gasteiger partial charge is 0.227 e. The highest BCUT2D eigenvalue weighted by atomic mass is 16.1. The van der Waals surface area contributed by atoms with Crippen LogP contribution in [0.4, 0.5) is 5.95 Å². The van der Waals surface area contributed by atoms with E-state index in [4.69, 9.17) is 0 Å². The zero-order chi connectivity index (χ0) is 14.7. The Kier molecular flexibility index (Phi) is 4.53. The Morgan fingerprint density at radius 2 is 2.00 bits per heavy atom. The lowest BCUT2D eigenvalue weighted by Gasteiger charge is -2.19. The standard InChI is InChI=1S/C15H25N5O/c1-20-15(17-13(21)10-11-4-2-3-5-11)18-14(19-20)12-6-8-16-9-7-12/h11-12,16H,2-10H2,1H3,(H,17,18,19,21). The minimum atomic E-state index is 0.0780. The maximum atomic E-state index is 12.1. The molecule has 6 heteroatoms. The van der Waals surface area contributed by atoms with Crippen molar-refractivity contribution in [2.75, 3.05) is 18.4 Å². The van der Waals surface area contributed by atoms with Gasteiger partial charge >= 0.3 is 0 Å². The van der Waals surface area contributed by atoms with Crippen LogP contribution < -0.4 is 10.6 Å². The molecule has 2 heterocycles. The van der Waals surface area contributed by atoms with E-state index in [1.54, 1.807) is 4.68 Å². The van der Waals surface area contributed by atoms with Gasteiger partial charge in [0.15, 0.2) is 5.82 Å².